The third kappa shape index (κ3) is 3.32. The highest BCUT2D eigenvalue weighted by Gasteiger charge is 2.17. The first kappa shape index (κ1) is 16.2. The molecule has 6 nitrogen and oxygen atoms in total. The van der Waals surface area contributed by atoms with Crippen molar-refractivity contribution >= 4 is 23.0 Å². The maximum Gasteiger partial charge on any atom is 0.337 e. The van der Waals surface area contributed by atoms with Crippen LogP contribution in [0.2, 0.25) is 0 Å². The Kier molecular flexibility index (Phi) is 4.43. The second-order valence-electron chi connectivity index (χ2n) is 5.30. The second kappa shape index (κ2) is 6.84. The van der Waals surface area contributed by atoms with Gasteiger partial charge >= 0.3 is 5.97 Å². The molecule has 0 bridgehead atoms. The summed E-state index contributed by atoms with van der Waals surface area (Å²) in [5.74, 6) is -1.05. The topological polar surface area (TPSA) is 92.5 Å². The first-order valence-corrected chi connectivity index (χ1v) is 7.50. The number of carboxylic acids is 1. The van der Waals surface area contributed by atoms with Crippen LogP contribution in [0.4, 0.5) is 17.1 Å². The van der Waals surface area contributed by atoms with Crippen molar-refractivity contribution in [3.8, 4) is 11.1 Å². The molecule has 25 heavy (non-hydrogen) atoms. The van der Waals surface area contributed by atoms with Gasteiger partial charge in [0.05, 0.1) is 21.7 Å². The molecule has 0 fully saturated rings. The number of rotatable bonds is 5. The second-order valence-corrected chi connectivity index (χ2v) is 5.30. The van der Waals surface area contributed by atoms with Crippen LogP contribution >= 0.6 is 0 Å². The maximum absolute atomic E-state index is 11.4. The number of nitrogens with one attached hydrogen (secondary N) is 1. The third-order valence-electron chi connectivity index (χ3n) is 3.74. The largest absolute Gasteiger partial charge is 0.478 e. The summed E-state index contributed by atoms with van der Waals surface area (Å²) in [5.41, 5.74) is 2.20. The van der Waals surface area contributed by atoms with Gasteiger partial charge in [0.15, 0.2) is 0 Å². The van der Waals surface area contributed by atoms with Crippen molar-refractivity contribution in [2.24, 2.45) is 0 Å². The van der Waals surface area contributed by atoms with Crippen molar-refractivity contribution < 1.29 is 14.8 Å². The molecule has 2 N–H and O–H groups in total. The minimum absolute atomic E-state index is 0.0109. The number of carbonyl (C=O) groups is 1. The first-order valence-electron chi connectivity index (χ1n) is 7.50. The van der Waals surface area contributed by atoms with Crippen LogP contribution in [0.25, 0.3) is 11.1 Å². The summed E-state index contributed by atoms with van der Waals surface area (Å²) >= 11 is 0. The number of nitro groups is 1. The summed E-state index contributed by atoms with van der Waals surface area (Å²) in [6.45, 7) is 0. The normalized spacial score (nSPS) is 10.2. The van der Waals surface area contributed by atoms with Crippen molar-refractivity contribution in [2.45, 2.75) is 0 Å². The molecule has 0 saturated heterocycles. The van der Waals surface area contributed by atoms with Crippen LogP contribution in [-0.4, -0.2) is 16.0 Å². The molecule has 124 valence electrons. The van der Waals surface area contributed by atoms with Crippen LogP contribution in [0.3, 0.4) is 0 Å². The summed E-state index contributed by atoms with van der Waals surface area (Å²) in [5, 5.41) is 23.7. The van der Waals surface area contributed by atoms with E-state index in [0.717, 1.165) is 0 Å². The Labute approximate surface area is 143 Å². The van der Waals surface area contributed by atoms with Crippen LogP contribution in [0.15, 0.2) is 72.8 Å². The number of carboxylic acid groups (broad SMARTS) is 1. The van der Waals surface area contributed by atoms with Crippen molar-refractivity contribution in [3.05, 3.63) is 88.5 Å². The molecule has 3 aromatic carbocycles. The van der Waals surface area contributed by atoms with E-state index < -0.39 is 10.9 Å². The van der Waals surface area contributed by atoms with Gasteiger partial charge in [0.1, 0.15) is 0 Å². The monoisotopic (exact) mass is 334 g/mol. The van der Waals surface area contributed by atoms with Gasteiger partial charge in [0.25, 0.3) is 5.69 Å². The highest BCUT2D eigenvalue weighted by Crippen LogP contribution is 2.36. The van der Waals surface area contributed by atoms with Gasteiger partial charge in [-0.05, 0) is 24.3 Å². The Hall–Kier alpha value is -3.67. The molecule has 0 heterocycles. The Bertz CT molecular complexity index is 953. The lowest BCUT2D eigenvalue weighted by atomic mass is 10.0. The zero-order valence-electron chi connectivity index (χ0n) is 13.0. The Morgan fingerprint density at radius 1 is 0.840 bits per heavy atom. The van der Waals surface area contributed by atoms with Crippen LogP contribution in [0, 0.1) is 10.1 Å². The number of hydrogen-bond donors (Lipinski definition) is 2. The quantitative estimate of drug-likeness (QED) is 0.521. The number of nitrogens with zero attached hydrogens (tertiary/aromatic N) is 1. The SMILES string of the molecule is O=C(O)c1ccccc1Nc1ccccc1-c1ccccc1[N+](=O)[O-]. The van der Waals surface area contributed by atoms with Gasteiger partial charge in [-0.15, -0.1) is 0 Å². The first-order chi connectivity index (χ1) is 12.1. The molecule has 0 aliphatic heterocycles. The minimum Gasteiger partial charge on any atom is -0.478 e. The predicted molar refractivity (Wildman–Crippen MR) is 95.2 cm³/mol. The van der Waals surface area contributed by atoms with E-state index in [1.54, 1.807) is 60.7 Å². The highest BCUT2D eigenvalue weighted by molar-refractivity contribution is 5.96. The molecular formula is C19H14N2O4. The zero-order valence-corrected chi connectivity index (χ0v) is 13.0. The molecule has 0 aromatic heterocycles. The predicted octanol–water partition coefficient (Wildman–Crippen LogP) is 4.70. The van der Waals surface area contributed by atoms with Crippen molar-refractivity contribution in [2.75, 3.05) is 5.32 Å². The molecule has 3 aromatic rings. The number of nitro benzene ring substituents is 1. The lowest BCUT2D eigenvalue weighted by molar-refractivity contribution is -0.384. The summed E-state index contributed by atoms with van der Waals surface area (Å²) < 4.78 is 0. The summed E-state index contributed by atoms with van der Waals surface area (Å²) in [4.78, 5) is 22.3. The van der Waals surface area contributed by atoms with E-state index in [-0.39, 0.29) is 11.3 Å². The molecule has 6 heteroatoms. The average Bonchev–Trinajstić information content (AvgIpc) is 2.62. The molecule has 0 spiro atoms. The number of hydrogen-bond acceptors (Lipinski definition) is 4. The fourth-order valence-electron chi connectivity index (χ4n) is 2.61. The highest BCUT2D eigenvalue weighted by atomic mass is 16.6. The van der Waals surface area contributed by atoms with Gasteiger partial charge < -0.3 is 10.4 Å². The molecule has 0 aliphatic carbocycles. The Balaban J connectivity index is 2.10. The van der Waals surface area contributed by atoms with E-state index in [0.29, 0.717) is 22.5 Å². The van der Waals surface area contributed by atoms with E-state index in [4.69, 9.17) is 0 Å². The summed E-state index contributed by atoms with van der Waals surface area (Å²) in [7, 11) is 0. The smallest absolute Gasteiger partial charge is 0.337 e. The molecule has 0 unspecified atom stereocenters. The van der Waals surface area contributed by atoms with Crippen LogP contribution in [0.5, 0.6) is 0 Å². The van der Waals surface area contributed by atoms with Crippen molar-refractivity contribution in [3.63, 3.8) is 0 Å². The molecular weight excluding hydrogens is 320 g/mol. The Morgan fingerprint density at radius 3 is 2.08 bits per heavy atom. The summed E-state index contributed by atoms with van der Waals surface area (Å²) in [6.07, 6.45) is 0. The van der Waals surface area contributed by atoms with Crippen LogP contribution in [-0.2, 0) is 0 Å². The zero-order chi connectivity index (χ0) is 17.8. The fourth-order valence-corrected chi connectivity index (χ4v) is 2.61. The van der Waals surface area contributed by atoms with Gasteiger partial charge in [-0.25, -0.2) is 4.79 Å². The molecule has 0 saturated carbocycles. The number of para-hydroxylation sites is 3. The maximum atomic E-state index is 11.4. The molecule has 0 atom stereocenters. The standard InChI is InChI=1S/C19H14N2O4/c22-19(23)15-9-2-5-11-17(15)20-16-10-4-1-7-13(16)14-8-3-6-12-18(14)21(24)25/h1-12,20H,(H,22,23). The average molecular weight is 334 g/mol. The van der Waals surface area contributed by atoms with Crippen LogP contribution in [0.1, 0.15) is 10.4 Å². The van der Waals surface area contributed by atoms with Crippen molar-refractivity contribution in [1.82, 2.24) is 0 Å². The number of anilines is 2. The third-order valence-corrected chi connectivity index (χ3v) is 3.74. The van der Waals surface area contributed by atoms with Gasteiger partial charge in [0, 0.05) is 17.3 Å². The molecule has 0 amide bonds. The van der Waals surface area contributed by atoms with Crippen molar-refractivity contribution in [1.29, 1.82) is 0 Å². The van der Waals surface area contributed by atoms with E-state index >= 15 is 0 Å². The van der Waals surface area contributed by atoms with E-state index in [9.17, 15) is 20.0 Å². The van der Waals surface area contributed by atoms with Crippen LogP contribution < -0.4 is 5.32 Å². The number of benzene rings is 3. The molecule has 0 aliphatic rings. The Morgan fingerprint density at radius 2 is 1.40 bits per heavy atom. The van der Waals surface area contributed by atoms with Gasteiger partial charge in [-0.2, -0.15) is 0 Å². The van der Waals surface area contributed by atoms with Gasteiger partial charge in [-0.1, -0.05) is 42.5 Å². The lowest BCUT2D eigenvalue weighted by Crippen LogP contribution is -2.03. The lowest BCUT2D eigenvalue weighted by Gasteiger charge is -2.14. The molecule has 0 radical (unpaired) electrons. The summed E-state index contributed by atoms with van der Waals surface area (Å²) in [6, 6.07) is 20.0. The van der Waals surface area contributed by atoms with Gasteiger partial charge in [0.2, 0.25) is 0 Å². The van der Waals surface area contributed by atoms with E-state index in [1.807, 2.05) is 0 Å². The number of aromatic carboxylic acids is 1. The fraction of sp³-hybridized carbons (Fsp3) is 0. The molecule has 3 rings (SSSR count). The van der Waals surface area contributed by atoms with Gasteiger partial charge in [-0.3, -0.25) is 10.1 Å². The van der Waals surface area contributed by atoms with E-state index in [2.05, 4.69) is 5.32 Å². The van der Waals surface area contributed by atoms with E-state index in [1.165, 1.54) is 12.1 Å². The minimum atomic E-state index is -1.05.